The van der Waals surface area contributed by atoms with Gasteiger partial charge in [-0.2, -0.15) is 0 Å². The maximum atomic E-state index is 12.9. The maximum absolute atomic E-state index is 12.9. The number of pyridine rings is 1. The molecule has 35 heavy (non-hydrogen) atoms. The summed E-state index contributed by atoms with van der Waals surface area (Å²) in [6, 6.07) is 19.9. The van der Waals surface area contributed by atoms with Crippen molar-refractivity contribution in [1.29, 1.82) is 0 Å². The number of aromatic nitrogens is 1. The van der Waals surface area contributed by atoms with Crippen molar-refractivity contribution in [3.05, 3.63) is 89.1 Å². The average Bonchev–Trinajstić information content (AvgIpc) is 3.14. The van der Waals surface area contributed by atoms with Gasteiger partial charge in [0, 0.05) is 42.1 Å². The van der Waals surface area contributed by atoms with Crippen LogP contribution < -0.4 is 21.3 Å². The lowest BCUT2D eigenvalue weighted by Crippen LogP contribution is -2.50. The smallest absolute Gasteiger partial charge is 0.253 e. The lowest BCUT2D eigenvalue weighted by molar-refractivity contribution is 0.0924. The molecule has 2 amide bonds. The molecule has 0 aliphatic carbocycles. The van der Waals surface area contributed by atoms with Crippen LogP contribution >= 0.6 is 0 Å². The molecule has 180 valence electrons. The number of piperidine rings is 1. The van der Waals surface area contributed by atoms with Gasteiger partial charge in [0.2, 0.25) is 0 Å². The van der Waals surface area contributed by atoms with Crippen molar-refractivity contribution in [2.75, 3.05) is 10.6 Å². The summed E-state index contributed by atoms with van der Waals surface area (Å²) >= 11 is 0. The number of rotatable bonds is 6. The van der Waals surface area contributed by atoms with Crippen molar-refractivity contribution in [1.82, 2.24) is 15.6 Å². The van der Waals surface area contributed by atoms with Crippen LogP contribution in [-0.2, 0) is 6.54 Å². The first-order chi connectivity index (χ1) is 17.0. The van der Waals surface area contributed by atoms with Crippen LogP contribution in [0.15, 0.2) is 66.9 Å². The van der Waals surface area contributed by atoms with Crippen molar-refractivity contribution >= 4 is 23.3 Å². The van der Waals surface area contributed by atoms with E-state index in [0.717, 1.165) is 42.6 Å². The predicted octanol–water partition coefficient (Wildman–Crippen LogP) is 3.83. The van der Waals surface area contributed by atoms with E-state index in [4.69, 9.17) is 5.73 Å². The Balaban J connectivity index is 1.20. The Kier molecular flexibility index (Phi) is 6.40. The molecule has 2 aliphatic heterocycles. The number of nitrogens with zero attached hydrogens (tertiary/aromatic N) is 2. The number of nitrogen functional groups attached to an aromatic ring is 1. The molecule has 5 rings (SSSR count). The van der Waals surface area contributed by atoms with Crippen LogP contribution in [0.5, 0.6) is 0 Å². The van der Waals surface area contributed by atoms with Gasteiger partial charge in [0.15, 0.2) is 0 Å². The SMILES string of the molecule is Cc1c(N)cccc1C(=O)NC1C[C@H]2CC[C@@H](C1)N2c1ccc(C(=O)NCc2ccccc2)cn1. The third-order valence-corrected chi connectivity index (χ3v) is 7.26. The normalized spacial score (nSPS) is 20.9. The van der Waals surface area contributed by atoms with Crippen LogP contribution in [0.1, 0.15) is 57.5 Å². The van der Waals surface area contributed by atoms with Crippen molar-refractivity contribution < 1.29 is 9.59 Å². The summed E-state index contributed by atoms with van der Waals surface area (Å²) in [7, 11) is 0. The predicted molar refractivity (Wildman–Crippen MR) is 137 cm³/mol. The number of amides is 2. The number of anilines is 2. The molecule has 2 bridgehead atoms. The first kappa shape index (κ1) is 22.9. The van der Waals surface area contributed by atoms with Gasteiger partial charge in [-0.3, -0.25) is 9.59 Å². The second-order valence-electron chi connectivity index (χ2n) is 9.53. The zero-order chi connectivity index (χ0) is 24.4. The van der Waals surface area contributed by atoms with Gasteiger partial charge in [-0.1, -0.05) is 36.4 Å². The number of carbonyl (C=O) groups excluding carboxylic acids is 2. The second kappa shape index (κ2) is 9.78. The highest BCUT2D eigenvalue weighted by Crippen LogP contribution is 2.38. The highest BCUT2D eigenvalue weighted by molar-refractivity contribution is 5.97. The maximum Gasteiger partial charge on any atom is 0.253 e. The quantitative estimate of drug-likeness (QED) is 0.477. The molecule has 2 aromatic carbocycles. The highest BCUT2D eigenvalue weighted by atomic mass is 16.2. The van der Waals surface area contributed by atoms with E-state index in [1.165, 1.54) is 0 Å². The van der Waals surface area contributed by atoms with E-state index in [9.17, 15) is 9.59 Å². The molecule has 3 heterocycles. The van der Waals surface area contributed by atoms with Gasteiger partial charge in [-0.05, 0) is 68.0 Å². The van der Waals surface area contributed by atoms with Gasteiger partial charge in [0.1, 0.15) is 5.82 Å². The molecule has 2 fully saturated rings. The van der Waals surface area contributed by atoms with E-state index in [1.807, 2.05) is 67.6 Å². The molecule has 3 atom stereocenters. The summed E-state index contributed by atoms with van der Waals surface area (Å²) in [6.07, 6.45) is 5.57. The molecule has 0 saturated carbocycles. The van der Waals surface area contributed by atoms with Crippen LogP contribution in [0.25, 0.3) is 0 Å². The Hall–Kier alpha value is -3.87. The Bertz CT molecular complexity index is 1200. The fraction of sp³-hybridized carbons (Fsp3) is 0.321. The largest absolute Gasteiger partial charge is 0.398 e. The van der Waals surface area contributed by atoms with Crippen LogP contribution in [0.2, 0.25) is 0 Å². The first-order valence-corrected chi connectivity index (χ1v) is 12.2. The number of hydrogen-bond acceptors (Lipinski definition) is 5. The minimum atomic E-state index is -0.130. The van der Waals surface area contributed by atoms with Gasteiger partial charge in [-0.15, -0.1) is 0 Å². The Labute approximate surface area is 205 Å². The number of carbonyl (C=O) groups is 2. The average molecular weight is 470 g/mol. The van der Waals surface area contributed by atoms with E-state index in [1.54, 1.807) is 6.20 Å². The third-order valence-electron chi connectivity index (χ3n) is 7.26. The topological polar surface area (TPSA) is 100 Å². The van der Waals surface area contributed by atoms with Gasteiger partial charge in [-0.25, -0.2) is 4.98 Å². The molecule has 7 heteroatoms. The molecule has 2 aliphatic rings. The second-order valence-corrected chi connectivity index (χ2v) is 9.53. The zero-order valence-corrected chi connectivity index (χ0v) is 19.9. The minimum Gasteiger partial charge on any atom is -0.398 e. The summed E-state index contributed by atoms with van der Waals surface area (Å²) in [5, 5.41) is 6.18. The van der Waals surface area contributed by atoms with Crippen molar-refractivity contribution in [3.63, 3.8) is 0 Å². The molecule has 1 unspecified atom stereocenters. The monoisotopic (exact) mass is 469 g/mol. The van der Waals surface area contributed by atoms with Crippen molar-refractivity contribution in [3.8, 4) is 0 Å². The third kappa shape index (κ3) is 4.85. The standard InChI is InChI=1S/C28H31N5O2/c1-18-24(8-5-9-25(18)29)28(35)32-21-14-22-11-12-23(15-21)33(22)26-13-10-20(17-30-26)27(34)31-16-19-6-3-2-4-7-19/h2-10,13,17,21-23H,11-12,14-16,29H2,1H3,(H,31,34)(H,32,35)/t21?,22-,23+. The summed E-state index contributed by atoms with van der Waals surface area (Å²) in [5.41, 5.74) is 9.69. The molecular formula is C28H31N5O2. The molecule has 2 saturated heterocycles. The lowest BCUT2D eigenvalue weighted by Gasteiger charge is -2.40. The van der Waals surface area contributed by atoms with E-state index in [2.05, 4.69) is 20.5 Å². The molecule has 3 aromatic rings. The summed E-state index contributed by atoms with van der Waals surface area (Å²) in [6.45, 7) is 2.37. The summed E-state index contributed by atoms with van der Waals surface area (Å²) in [5.74, 6) is 0.708. The first-order valence-electron chi connectivity index (χ1n) is 12.2. The number of nitrogens with one attached hydrogen (secondary N) is 2. The fourth-order valence-electron chi connectivity index (χ4n) is 5.38. The van der Waals surface area contributed by atoms with E-state index in [-0.39, 0.29) is 17.9 Å². The van der Waals surface area contributed by atoms with Gasteiger partial charge < -0.3 is 21.3 Å². The van der Waals surface area contributed by atoms with E-state index >= 15 is 0 Å². The fourth-order valence-corrected chi connectivity index (χ4v) is 5.38. The van der Waals surface area contributed by atoms with Gasteiger partial charge in [0.25, 0.3) is 11.8 Å². The Morgan fingerprint density at radius 1 is 0.971 bits per heavy atom. The van der Waals surface area contributed by atoms with Crippen LogP contribution in [0, 0.1) is 6.92 Å². The molecule has 0 radical (unpaired) electrons. The van der Waals surface area contributed by atoms with E-state index in [0.29, 0.717) is 35.4 Å². The molecule has 4 N–H and O–H groups in total. The summed E-state index contributed by atoms with van der Waals surface area (Å²) in [4.78, 5) is 32.4. The van der Waals surface area contributed by atoms with Crippen LogP contribution in [0.3, 0.4) is 0 Å². The lowest BCUT2D eigenvalue weighted by atomic mass is 9.96. The van der Waals surface area contributed by atoms with Gasteiger partial charge in [0.05, 0.1) is 5.56 Å². The van der Waals surface area contributed by atoms with Crippen LogP contribution in [-0.4, -0.2) is 34.9 Å². The van der Waals surface area contributed by atoms with Gasteiger partial charge >= 0.3 is 0 Å². The number of hydrogen-bond donors (Lipinski definition) is 3. The highest BCUT2D eigenvalue weighted by Gasteiger charge is 2.41. The molecule has 1 aromatic heterocycles. The van der Waals surface area contributed by atoms with Crippen molar-refractivity contribution in [2.45, 2.75) is 57.3 Å². The van der Waals surface area contributed by atoms with E-state index < -0.39 is 0 Å². The van der Waals surface area contributed by atoms with Crippen molar-refractivity contribution in [2.24, 2.45) is 0 Å². The minimum absolute atomic E-state index is 0.0587. The van der Waals surface area contributed by atoms with Crippen LogP contribution in [0.4, 0.5) is 11.5 Å². The summed E-state index contributed by atoms with van der Waals surface area (Å²) < 4.78 is 0. The number of fused-ring (bicyclic) bond motifs is 2. The molecular weight excluding hydrogens is 438 g/mol. The number of nitrogens with two attached hydrogens (primary N) is 1. The molecule has 0 spiro atoms. The molecule has 7 nitrogen and oxygen atoms in total. The Morgan fingerprint density at radius 3 is 2.40 bits per heavy atom. The zero-order valence-electron chi connectivity index (χ0n) is 19.9. The number of benzene rings is 2. The Morgan fingerprint density at radius 2 is 1.71 bits per heavy atom.